The number of aliphatic carboxylic acids is 6. The van der Waals surface area contributed by atoms with Gasteiger partial charge in [-0.2, -0.15) is 0 Å². The van der Waals surface area contributed by atoms with Crippen LogP contribution in [0.2, 0.25) is 0 Å². The van der Waals surface area contributed by atoms with E-state index in [0.717, 1.165) is 0 Å². The predicted octanol–water partition coefficient (Wildman–Crippen LogP) is -2.50. The van der Waals surface area contributed by atoms with Gasteiger partial charge in [0.15, 0.2) is 11.2 Å². The molecule has 14 heteroatoms. The molecule has 0 aromatic carbocycles. The van der Waals surface area contributed by atoms with E-state index >= 15 is 0 Å². The van der Waals surface area contributed by atoms with Crippen LogP contribution in [0.5, 0.6) is 0 Å². The second kappa shape index (κ2) is 9.90. The van der Waals surface area contributed by atoms with Crippen LogP contribution in [-0.2, 0) is 28.8 Å². The highest BCUT2D eigenvalue weighted by Gasteiger charge is 2.41. The highest BCUT2D eigenvalue weighted by Crippen LogP contribution is 2.16. The lowest BCUT2D eigenvalue weighted by molar-refractivity contribution is -0.170. The van der Waals surface area contributed by atoms with Crippen LogP contribution in [0.1, 0.15) is 27.0 Å². The van der Waals surface area contributed by atoms with Gasteiger partial charge < -0.3 is 40.9 Å². The van der Waals surface area contributed by atoms with E-state index in [4.69, 9.17) is 42.2 Å². The van der Waals surface area contributed by atoms with Gasteiger partial charge in [0.1, 0.15) is 0 Å². The third kappa shape index (κ3) is 9.78. The van der Waals surface area contributed by atoms with Gasteiger partial charge in [-0.3, -0.25) is 19.2 Å². The van der Waals surface area contributed by atoms with Gasteiger partial charge in [-0.1, -0.05) is 0 Å². The highest BCUT2D eigenvalue weighted by molar-refractivity contribution is 5.88. The fraction of sp³-hybridized carbons (Fsp3) is 0.500. The van der Waals surface area contributed by atoms with Crippen molar-refractivity contribution in [1.82, 2.24) is 0 Å². The number of aliphatic hydroxyl groups is 2. The molecule has 0 aliphatic carbocycles. The van der Waals surface area contributed by atoms with E-state index < -0.39 is 72.7 Å². The first-order chi connectivity index (χ1) is 12.0. The third-order valence-corrected chi connectivity index (χ3v) is 2.44. The van der Waals surface area contributed by atoms with E-state index in [0.29, 0.717) is 0 Å². The van der Waals surface area contributed by atoms with Gasteiger partial charge in [0.2, 0.25) is 0 Å². The maximum atomic E-state index is 10.4. The first-order valence-corrected chi connectivity index (χ1v) is 6.21. The average molecular weight is 385 g/mol. The van der Waals surface area contributed by atoms with Gasteiger partial charge in [0.25, 0.3) is 0 Å². The monoisotopic (exact) mass is 385 g/mol. The zero-order chi connectivity index (χ0) is 22.2. The molecule has 0 spiro atoms. The van der Waals surface area contributed by atoms with E-state index in [2.05, 4.69) is 0 Å². The number of hydrogen-bond donors (Lipinski definition) is 8. The lowest BCUT2D eigenvalue weighted by atomic mass is 9.96. The van der Waals surface area contributed by atoms with Crippen LogP contribution >= 0.6 is 0 Å². The Labute approximate surface area is 144 Å². The largest absolute Gasteiger partial charge is 0.481 e. The van der Waals surface area contributed by atoms with Crippen LogP contribution in [0.15, 0.2) is 0 Å². The van der Waals surface area contributed by atoms with Crippen LogP contribution in [0, 0.1) is 0 Å². The Hall–Kier alpha value is -3.26. The molecule has 0 rings (SSSR count). The van der Waals surface area contributed by atoms with E-state index in [1.807, 2.05) is 0 Å². The molecule has 0 fully saturated rings. The molecule has 2 unspecified atom stereocenters. The summed E-state index contributed by atoms with van der Waals surface area (Å²) in [5.74, 6) is -10.7. The first kappa shape index (κ1) is 22.7. The lowest BCUT2D eigenvalue weighted by Crippen LogP contribution is -2.42. The first-order valence-electron chi connectivity index (χ1n) is 6.79. The van der Waals surface area contributed by atoms with Crippen molar-refractivity contribution in [1.29, 1.82) is 0 Å². The summed E-state index contributed by atoms with van der Waals surface area (Å²) >= 11 is 0. The fourth-order valence-electron chi connectivity index (χ4n) is 1.34. The number of rotatable bonds is 10. The van der Waals surface area contributed by atoms with Gasteiger partial charge in [0.05, 0.1) is 25.7 Å². The Morgan fingerprint density at radius 1 is 0.577 bits per heavy atom. The summed E-state index contributed by atoms with van der Waals surface area (Å²) in [5.41, 5.74) is -5.85. The quantitative estimate of drug-likeness (QED) is 0.193. The van der Waals surface area contributed by atoms with Crippen molar-refractivity contribution < 1.29 is 71.0 Å². The minimum atomic E-state index is -3.11. The van der Waals surface area contributed by atoms with E-state index in [9.17, 15) is 28.8 Å². The molecule has 148 valence electrons. The van der Waals surface area contributed by atoms with Gasteiger partial charge in [-0.25, -0.2) is 9.59 Å². The smallest absolute Gasteiger partial charge is 0.336 e. The van der Waals surface area contributed by atoms with Crippen molar-refractivity contribution >= 4 is 35.8 Å². The Balaban J connectivity index is 0. The Bertz CT molecular complexity index is 612. The molecule has 0 amide bonds. The van der Waals surface area contributed by atoms with Gasteiger partial charge in [-0.15, -0.1) is 0 Å². The van der Waals surface area contributed by atoms with Crippen LogP contribution < -0.4 is 0 Å². The fourth-order valence-corrected chi connectivity index (χ4v) is 1.34. The van der Waals surface area contributed by atoms with Crippen LogP contribution in [-0.4, -0.2) is 87.9 Å². The second-order valence-electron chi connectivity index (χ2n) is 4.76. The normalized spacial score (nSPS) is 14.5. The summed E-state index contributed by atoms with van der Waals surface area (Å²) < 4.78 is 6.81. The molecule has 0 aromatic heterocycles. The summed E-state index contributed by atoms with van der Waals surface area (Å²) in [6.45, 7) is 0. The van der Waals surface area contributed by atoms with Crippen molar-refractivity contribution in [2.75, 3.05) is 0 Å². The molecule has 14 nitrogen and oxygen atoms in total. The minimum absolute atomic E-state index is 1.14. The maximum Gasteiger partial charge on any atom is 0.336 e. The Morgan fingerprint density at radius 3 is 1.04 bits per heavy atom. The number of carboxylic acid groups (broad SMARTS) is 6. The molecule has 0 bridgehead atoms. The Morgan fingerprint density at radius 2 is 0.846 bits per heavy atom. The SMILES string of the molecule is O=C(O)CC(O)(CC(=O)O)C(=O)O.[2H]C(C(=O)O)C(O)(CC(=O)O)C(=O)O. The van der Waals surface area contributed by atoms with Crippen LogP contribution in [0.3, 0.4) is 0 Å². The van der Waals surface area contributed by atoms with Gasteiger partial charge >= 0.3 is 35.8 Å². The average Bonchev–Trinajstić information content (AvgIpc) is 2.43. The molecular formula is C12H16O14. The van der Waals surface area contributed by atoms with Crippen molar-refractivity contribution in [2.45, 2.75) is 36.9 Å². The highest BCUT2D eigenvalue weighted by atomic mass is 16.4. The van der Waals surface area contributed by atoms with Crippen molar-refractivity contribution in [3.63, 3.8) is 0 Å². The standard InChI is InChI=1S/2C6H8O7/c2*7-3(8)1-6(13,5(11)12)2-4(9)10/h2*13H,1-2H2,(H,7,8)(H,9,10)(H,11,12)/i1D;. The zero-order valence-electron chi connectivity index (χ0n) is 13.7. The summed E-state index contributed by atoms with van der Waals surface area (Å²) in [6.07, 6.45) is -6.08. The third-order valence-electron chi connectivity index (χ3n) is 2.44. The van der Waals surface area contributed by atoms with Crippen LogP contribution in [0.4, 0.5) is 0 Å². The van der Waals surface area contributed by atoms with Crippen molar-refractivity contribution in [2.24, 2.45) is 0 Å². The maximum absolute atomic E-state index is 10.4. The summed E-state index contributed by atoms with van der Waals surface area (Å²) in [4.78, 5) is 61.3. The van der Waals surface area contributed by atoms with Crippen molar-refractivity contribution in [3.05, 3.63) is 0 Å². The summed E-state index contributed by atoms with van der Waals surface area (Å²) in [6, 6.07) is 0. The van der Waals surface area contributed by atoms with E-state index in [-0.39, 0.29) is 0 Å². The summed E-state index contributed by atoms with van der Waals surface area (Å²) in [7, 11) is 0. The minimum Gasteiger partial charge on any atom is -0.481 e. The molecule has 0 aliphatic rings. The second-order valence-corrected chi connectivity index (χ2v) is 4.76. The molecule has 0 heterocycles. The van der Waals surface area contributed by atoms with Gasteiger partial charge in [-0.05, 0) is 0 Å². The molecular weight excluding hydrogens is 368 g/mol. The number of hydrogen-bond acceptors (Lipinski definition) is 8. The summed E-state index contributed by atoms with van der Waals surface area (Å²) in [5, 5.41) is 67.9. The van der Waals surface area contributed by atoms with E-state index in [1.54, 1.807) is 0 Å². The predicted molar refractivity (Wildman–Crippen MR) is 74.2 cm³/mol. The molecule has 0 radical (unpaired) electrons. The molecule has 2 atom stereocenters. The molecule has 0 saturated heterocycles. The van der Waals surface area contributed by atoms with Crippen LogP contribution in [0.25, 0.3) is 0 Å². The topological polar surface area (TPSA) is 264 Å². The molecule has 0 aromatic rings. The van der Waals surface area contributed by atoms with Gasteiger partial charge in [0, 0.05) is 1.37 Å². The molecule has 0 saturated carbocycles. The molecule has 26 heavy (non-hydrogen) atoms. The zero-order valence-corrected chi connectivity index (χ0v) is 12.7. The number of carboxylic acids is 6. The van der Waals surface area contributed by atoms with Crippen molar-refractivity contribution in [3.8, 4) is 0 Å². The molecule has 8 N–H and O–H groups in total. The van der Waals surface area contributed by atoms with E-state index in [1.165, 1.54) is 0 Å². The number of carbonyl (C=O) groups is 6. The molecule has 0 aliphatic heterocycles. The lowest BCUT2D eigenvalue weighted by Gasteiger charge is -2.18. The Kier molecular flexibility index (Phi) is 8.66.